The molecule has 122 valence electrons. The van der Waals surface area contributed by atoms with Crippen LogP contribution in [0.4, 0.5) is 0 Å². The fourth-order valence-corrected chi connectivity index (χ4v) is 3.76. The highest BCUT2D eigenvalue weighted by atomic mass is 16.2. The maximum Gasteiger partial charge on any atom is 0.254 e. The fraction of sp³-hybridized carbons (Fsp3) is 0.182. The molecule has 0 spiro atoms. The summed E-state index contributed by atoms with van der Waals surface area (Å²) in [6, 6.07) is 23.8. The van der Waals surface area contributed by atoms with E-state index in [9.17, 15) is 4.79 Å². The molecule has 1 fully saturated rings. The van der Waals surface area contributed by atoms with Crippen LogP contribution in [0.25, 0.3) is 10.8 Å². The number of benzene rings is 3. The molecule has 0 saturated carbocycles. The van der Waals surface area contributed by atoms with E-state index in [-0.39, 0.29) is 11.9 Å². The van der Waals surface area contributed by atoms with Crippen LogP contribution in [0.5, 0.6) is 0 Å². The Morgan fingerprint density at radius 2 is 1.84 bits per heavy atom. The van der Waals surface area contributed by atoms with E-state index in [1.54, 1.807) is 24.3 Å². The van der Waals surface area contributed by atoms with Crippen molar-refractivity contribution in [2.45, 2.75) is 18.9 Å². The molecule has 3 aromatic carbocycles. The first-order valence-electron chi connectivity index (χ1n) is 8.57. The highest BCUT2D eigenvalue weighted by Gasteiger charge is 2.31. The summed E-state index contributed by atoms with van der Waals surface area (Å²) < 4.78 is 0. The van der Waals surface area contributed by atoms with Gasteiger partial charge in [0.2, 0.25) is 0 Å². The first kappa shape index (κ1) is 15.4. The van der Waals surface area contributed by atoms with Gasteiger partial charge in [-0.1, -0.05) is 48.5 Å². The van der Waals surface area contributed by atoms with Gasteiger partial charge in [0, 0.05) is 12.1 Å². The molecule has 1 atom stereocenters. The van der Waals surface area contributed by atoms with Crippen LogP contribution in [0, 0.1) is 11.3 Å². The third kappa shape index (κ3) is 2.77. The van der Waals surface area contributed by atoms with Gasteiger partial charge in [-0.25, -0.2) is 0 Å². The number of nitrogens with zero attached hydrogens (tertiary/aromatic N) is 2. The molecule has 1 saturated heterocycles. The van der Waals surface area contributed by atoms with E-state index >= 15 is 0 Å². The van der Waals surface area contributed by atoms with Gasteiger partial charge < -0.3 is 4.90 Å². The largest absolute Gasteiger partial charge is 0.332 e. The smallest absolute Gasteiger partial charge is 0.254 e. The summed E-state index contributed by atoms with van der Waals surface area (Å²) in [4.78, 5) is 15.0. The van der Waals surface area contributed by atoms with E-state index in [0.29, 0.717) is 11.1 Å². The lowest BCUT2D eigenvalue weighted by molar-refractivity contribution is 0.0736. The highest BCUT2D eigenvalue weighted by Crippen LogP contribution is 2.36. The predicted molar refractivity (Wildman–Crippen MR) is 98.1 cm³/mol. The van der Waals surface area contributed by atoms with Crippen molar-refractivity contribution in [3.8, 4) is 6.07 Å². The summed E-state index contributed by atoms with van der Waals surface area (Å²) in [5, 5.41) is 11.5. The Kier molecular flexibility index (Phi) is 3.95. The Morgan fingerprint density at radius 1 is 1.04 bits per heavy atom. The van der Waals surface area contributed by atoms with Gasteiger partial charge in [-0.2, -0.15) is 5.26 Å². The number of carbonyl (C=O) groups excluding carboxylic acids is 1. The van der Waals surface area contributed by atoms with Crippen LogP contribution in [-0.2, 0) is 0 Å². The maximum atomic E-state index is 13.1. The summed E-state index contributed by atoms with van der Waals surface area (Å²) in [5.74, 6) is 0.00698. The Morgan fingerprint density at radius 3 is 2.72 bits per heavy atom. The van der Waals surface area contributed by atoms with Gasteiger partial charge in [0.15, 0.2) is 0 Å². The molecule has 25 heavy (non-hydrogen) atoms. The molecule has 0 bridgehead atoms. The van der Waals surface area contributed by atoms with Gasteiger partial charge in [-0.3, -0.25) is 4.79 Å². The molecule has 0 N–H and O–H groups in total. The number of fused-ring (bicyclic) bond motifs is 1. The second-order valence-electron chi connectivity index (χ2n) is 6.42. The van der Waals surface area contributed by atoms with Crippen LogP contribution < -0.4 is 0 Å². The monoisotopic (exact) mass is 326 g/mol. The van der Waals surface area contributed by atoms with Gasteiger partial charge in [0.05, 0.1) is 17.7 Å². The van der Waals surface area contributed by atoms with E-state index in [1.807, 2.05) is 17.0 Å². The second kappa shape index (κ2) is 6.41. The van der Waals surface area contributed by atoms with Gasteiger partial charge in [0.1, 0.15) is 0 Å². The zero-order valence-corrected chi connectivity index (χ0v) is 13.9. The lowest BCUT2D eigenvalue weighted by atomic mass is 9.97. The van der Waals surface area contributed by atoms with Crippen molar-refractivity contribution in [1.29, 1.82) is 5.26 Å². The van der Waals surface area contributed by atoms with Gasteiger partial charge in [0.25, 0.3) is 5.91 Å². The lowest BCUT2D eigenvalue weighted by Crippen LogP contribution is -2.30. The molecule has 1 aliphatic heterocycles. The van der Waals surface area contributed by atoms with Crippen molar-refractivity contribution >= 4 is 16.7 Å². The SMILES string of the molecule is N#Cc1cccc(C(=O)N2CCC[C@H]2c2cccc3ccccc23)c1. The molecule has 0 aliphatic carbocycles. The predicted octanol–water partition coefficient (Wildman–Crippen LogP) is 4.69. The average Bonchev–Trinajstić information content (AvgIpc) is 3.16. The van der Waals surface area contributed by atoms with E-state index in [0.717, 1.165) is 19.4 Å². The van der Waals surface area contributed by atoms with Crippen molar-refractivity contribution in [2.75, 3.05) is 6.54 Å². The molecule has 1 amide bonds. The fourth-order valence-electron chi connectivity index (χ4n) is 3.76. The topological polar surface area (TPSA) is 44.1 Å². The molecule has 3 aromatic rings. The number of nitriles is 1. The van der Waals surface area contributed by atoms with Gasteiger partial charge >= 0.3 is 0 Å². The number of likely N-dealkylation sites (tertiary alicyclic amines) is 1. The molecule has 0 unspecified atom stereocenters. The van der Waals surface area contributed by atoms with Crippen LogP contribution in [0.1, 0.15) is 40.4 Å². The van der Waals surface area contributed by atoms with Crippen LogP contribution in [0.2, 0.25) is 0 Å². The molecule has 0 aromatic heterocycles. The van der Waals surface area contributed by atoms with Crippen molar-refractivity contribution in [2.24, 2.45) is 0 Å². The Hall–Kier alpha value is -3.12. The third-order valence-electron chi connectivity index (χ3n) is 4.93. The highest BCUT2D eigenvalue weighted by molar-refractivity contribution is 5.95. The summed E-state index contributed by atoms with van der Waals surface area (Å²) in [6.45, 7) is 0.753. The minimum atomic E-state index is 0.00698. The first-order valence-corrected chi connectivity index (χ1v) is 8.57. The van der Waals surface area contributed by atoms with Crippen molar-refractivity contribution < 1.29 is 4.79 Å². The molecule has 3 heteroatoms. The number of amides is 1. The van der Waals surface area contributed by atoms with E-state index in [1.165, 1.54) is 16.3 Å². The zero-order valence-electron chi connectivity index (χ0n) is 13.9. The van der Waals surface area contributed by atoms with Crippen molar-refractivity contribution in [3.05, 3.63) is 83.4 Å². The number of hydrogen-bond acceptors (Lipinski definition) is 2. The zero-order chi connectivity index (χ0) is 17.2. The number of rotatable bonds is 2. The van der Waals surface area contributed by atoms with Gasteiger partial charge in [-0.05, 0) is 47.4 Å². The molecule has 0 radical (unpaired) electrons. The second-order valence-corrected chi connectivity index (χ2v) is 6.42. The minimum absolute atomic E-state index is 0.00698. The van der Waals surface area contributed by atoms with Crippen molar-refractivity contribution in [1.82, 2.24) is 4.90 Å². The standard InChI is InChI=1S/C22H18N2O/c23-15-16-6-3-9-18(14-16)22(25)24-13-5-12-21(24)20-11-4-8-17-7-1-2-10-19(17)20/h1-4,6-11,14,21H,5,12-13H2/t21-/m0/s1. The molecule has 1 heterocycles. The summed E-state index contributed by atoms with van der Waals surface area (Å²) in [5.41, 5.74) is 2.32. The van der Waals surface area contributed by atoms with E-state index in [2.05, 4.69) is 36.4 Å². The first-order chi connectivity index (χ1) is 12.3. The average molecular weight is 326 g/mol. The molecule has 4 rings (SSSR count). The summed E-state index contributed by atoms with van der Waals surface area (Å²) >= 11 is 0. The summed E-state index contributed by atoms with van der Waals surface area (Å²) in [7, 11) is 0. The lowest BCUT2D eigenvalue weighted by Gasteiger charge is -2.26. The Balaban J connectivity index is 1.73. The molecular weight excluding hydrogens is 308 g/mol. The molecular formula is C22H18N2O. The van der Waals surface area contributed by atoms with Crippen LogP contribution >= 0.6 is 0 Å². The normalized spacial score (nSPS) is 16.8. The molecule has 1 aliphatic rings. The molecule has 3 nitrogen and oxygen atoms in total. The summed E-state index contributed by atoms with van der Waals surface area (Å²) in [6.07, 6.45) is 1.97. The quantitative estimate of drug-likeness (QED) is 0.686. The van der Waals surface area contributed by atoms with E-state index in [4.69, 9.17) is 5.26 Å². The Bertz CT molecular complexity index is 981. The van der Waals surface area contributed by atoms with Crippen molar-refractivity contribution in [3.63, 3.8) is 0 Å². The van der Waals surface area contributed by atoms with Crippen LogP contribution in [-0.4, -0.2) is 17.4 Å². The Labute approximate surface area is 147 Å². The van der Waals surface area contributed by atoms with Gasteiger partial charge in [-0.15, -0.1) is 0 Å². The maximum absolute atomic E-state index is 13.1. The van der Waals surface area contributed by atoms with E-state index < -0.39 is 0 Å². The number of carbonyl (C=O) groups is 1. The third-order valence-corrected chi connectivity index (χ3v) is 4.93. The van der Waals surface area contributed by atoms with Crippen LogP contribution in [0.3, 0.4) is 0 Å². The minimum Gasteiger partial charge on any atom is -0.332 e. The number of hydrogen-bond donors (Lipinski definition) is 0. The van der Waals surface area contributed by atoms with Crippen LogP contribution in [0.15, 0.2) is 66.7 Å².